The molecule has 3 aromatic rings. The van der Waals surface area contributed by atoms with E-state index in [1.165, 1.54) is 11.8 Å². The van der Waals surface area contributed by atoms with Gasteiger partial charge >= 0.3 is 0 Å². The minimum absolute atomic E-state index is 0.137. The highest BCUT2D eigenvalue weighted by Gasteiger charge is 2.26. The molecule has 6 nitrogen and oxygen atoms in total. The van der Waals surface area contributed by atoms with Gasteiger partial charge in [-0.1, -0.05) is 48.5 Å². The van der Waals surface area contributed by atoms with Crippen LogP contribution in [-0.4, -0.2) is 40.2 Å². The van der Waals surface area contributed by atoms with Crippen molar-refractivity contribution in [3.05, 3.63) is 78.0 Å². The van der Waals surface area contributed by atoms with Crippen molar-refractivity contribution in [2.24, 2.45) is 0 Å². The van der Waals surface area contributed by atoms with Gasteiger partial charge in [0.25, 0.3) is 0 Å². The highest BCUT2D eigenvalue weighted by molar-refractivity contribution is 5.93. The number of benzene rings is 2. The third kappa shape index (κ3) is 4.84. The van der Waals surface area contributed by atoms with Gasteiger partial charge in [-0.3, -0.25) is 9.69 Å². The van der Waals surface area contributed by atoms with E-state index in [9.17, 15) is 10.1 Å². The number of rotatable bonds is 6. The fourth-order valence-electron chi connectivity index (χ4n) is 4.42. The van der Waals surface area contributed by atoms with Crippen molar-refractivity contribution in [1.29, 1.82) is 5.26 Å². The number of amides is 1. The molecule has 1 aromatic heterocycles. The van der Waals surface area contributed by atoms with Gasteiger partial charge in [-0.2, -0.15) is 10.4 Å². The third-order valence-corrected chi connectivity index (χ3v) is 6.13. The van der Waals surface area contributed by atoms with Crippen LogP contribution in [0.3, 0.4) is 0 Å². The quantitative estimate of drug-likeness (QED) is 0.652. The molecule has 1 saturated carbocycles. The fraction of sp³-hybridized carbons (Fsp3) is 0.320. The van der Waals surface area contributed by atoms with Gasteiger partial charge < -0.3 is 5.32 Å². The van der Waals surface area contributed by atoms with Gasteiger partial charge in [0.05, 0.1) is 18.4 Å². The summed E-state index contributed by atoms with van der Waals surface area (Å²) in [5.74, 6) is 0.889. The molecule has 4 rings (SSSR count). The summed E-state index contributed by atoms with van der Waals surface area (Å²) in [6.07, 6.45) is 5.92. The summed E-state index contributed by atoms with van der Waals surface area (Å²) in [6, 6.07) is 22.7. The van der Waals surface area contributed by atoms with Crippen molar-refractivity contribution in [3.63, 3.8) is 0 Å². The lowest BCUT2D eigenvalue weighted by molar-refractivity contribution is -0.117. The summed E-state index contributed by atoms with van der Waals surface area (Å²) in [5.41, 5.74) is 2.56. The van der Waals surface area contributed by atoms with Gasteiger partial charge in [0, 0.05) is 6.04 Å². The Kier molecular flexibility index (Phi) is 6.44. The SMILES string of the molecule is CN(CC(=O)Nc1c(C#N)cnn1-c1ccccc1)C1CCC(c2ccccc2)CC1. The minimum Gasteiger partial charge on any atom is -0.308 e. The van der Waals surface area contributed by atoms with E-state index in [1.807, 2.05) is 37.4 Å². The molecule has 0 radical (unpaired) electrons. The number of nitriles is 1. The molecule has 1 aliphatic carbocycles. The monoisotopic (exact) mass is 413 g/mol. The highest BCUT2D eigenvalue weighted by Crippen LogP contribution is 2.34. The van der Waals surface area contributed by atoms with Crippen LogP contribution in [0.1, 0.15) is 42.7 Å². The van der Waals surface area contributed by atoms with E-state index >= 15 is 0 Å². The van der Waals surface area contributed by atoms with Crippen molar-refractivity contribution in [1.82, 2.24) is 14.7 Å². The van der Waals surface area contributed by atoms with Crippen molar-refractivity contribution >= 4 is 11.7 Å². The first-order valence-electron chi connectivity index (χ1n) is 10.7. The number of nitrogens with zero attached hydrogens (tertiary/aromatic N) is 4. The predicted molar refractivity (Wildman–Crippen MR) is 121 cm³/mol. The van der Waals surface area contributed by atoms with Crippen molar-refractivity contribution < 1.29 is 4.79 Å². The molecule has 1 amide bonds. The molecule has 6 heteroatoms. The maximum absolute atomic E-state index is 12.8. The zero-order valence-corrected chi connectivity index (χ0v) is 17.7. The lowest BCUT2D eigenvalue weighted by Gasteiger charge is -2.34. The summed E-state index contributed by atoms with van der Waals surface area (Å²) in [7, 11) is 2.01. The second kappa shape index (κ2) is 9.59. The van der Waals surface area contributed by atoms with Crippen LogP contribution >= 0.6 is 0 Å². The molecule has 0 atom stereocenters. The number of hydrogen-bond acceptors (Lipinski definition) is 4. The first-order valence-corrected chi connectivity index (χ1v) is 10.7. The molecule has 0 unspecified atom stereocenters. The molecule has 1 N–H and O–H groups in total. The number of likely N-dealkylation sites (N-methyl/N-ethyl adjacent to an activating group) is 1. The highest BCUT2D eigenvalue weighted by atomic mass is 16.2. The Hall–Kier alpha value is -3.43. The maximum Gasteiger partial charge on any atom is 0.239 e. The van der Waals surface area contributed by atoms with E-state index in [4.69, 9.17) is 0 Å². The largest absolute Gasteiger partial charge is 0.308 e. The zero-order valence-electron chi connectivity index (χ0n) is 17.7. The first kappa shape index (κ1) is 20.8. The second-order valence-electron chi connectivity index (χ2n) is 8.15. The van der Waals surface area contributed by atoms with Gasteiger partial charge in [0.2, 0.25) is 5.91 Å². The van der Waals surface area contributed by atoms with Gasteiger partial charge in [0.1, 0.15) is 11.6 Å². The minimum atomic E-state index is -0.137. The molecule has 1 fully saturated rings. The van der Waals surface area contributed by atoms with Gasteiger partial charge in [-0.15, -0.1) is 0 Å². The van der Waals surface area contributed by atoms with E-state index in [1.54, 1.807) is 4.68 Å². The molecule has 1 aliphatic rings. The number of hydrogen-bond donors (Lipinski definition) is 1. The zero-order chi connectivity index (χ0) is 21.6. The Morgan fingerprint density at radius 2 is 1.74 bits per heavy atom. The Labute approximate surface area is 183 Å². The van der Waals surface area contributed by atoms with Crippen LogP contribution < -0.4 is 5.32 Å². The topological polar surface area (TPSA) is 74.0 Å². The van der Waals surface area contributed by atoms with E-state index in [0.717, 1.165) is 31.4 Å². The molecule has 2 aromatic carbocycles. The Bertz CT molecular complexity index is 1050. The Morgan fingerprint density at radius 3 is 2.39 bits per heavy atom. The van der Waals surface area contributed by atoms with Gasteiger partial charge in [-0.05, 0) is 56.3 Å². The number of para-hydroxylation sites is 1. The molecule has 158 valence electrons. The van der Waals surface area contributed by atoms with Crippen LogP contribution in [0, 0.1) is 11.3 Å². The Balaban J connectivity index is 1.36. The summed E-state index contributed by atoms with van der Waals surface area (Å²) in [5, 5.41) is 16.6. The average Bonchev–Trinajstić information content (AvgIpc) is 3.22. The third-order valence-electron chi connectivity index (χ3n) is 6.13. The van der Waals surface area contributed by atoms with Crippen LogP contribution in [0.5, 0.6) is 0 Å². The molecule has 0 bridgehead atoms. The van der Waals surface area contributed by atoms with E-state index in [-0.39, 0.29) is 12.5 Å². The number of nitrogens with one attached hydrogen (secondary N) is 1. The van der Waals surface area contributed by atoms with E-state index in [0.29, 0.717) is 23.3 Å². The maximum atomic E-state index is 12.8. The smallest absolute Gasteiger partial charge is 0.239 e. The van der Waals surface area contributed by atoms with Crippen LogP contribution in [0.2, 0.25) is 0 Å². The number of carbonyl (C=O) groups is 1. The summed E-state index contributed by atoms with van der Waals surface area (Å²) >= 11 is 0. The van der Waals surface area contributed by atoms with E-state index < -0.39 is 0 Å². The van der Waals surface area contributed by atoms with Crippen LogP contribution in [0.4, 0.5) is 5.82 Å². The molecular formula is C25H27N5O. The summed E-state index contributed by atoms with van der Waals surface area (Å²) < 4.78 is 1.60. The van der Waals surface area contributed by atoms with Crippen molar-refractivity contribution in [2.45, 2.75) is 37.6 Å². The number of aromatic nitrogens is 2. The van der Waals surface area contributed by atoms with E-state index in [2.05, 4.69) is 51.7 Å². The normalized spacial score (nSPS) is 18.5. The van der Waals surface area contributed by atoms with Gasteiger partial charge in [-0.25, -0.2) is 4.68 Å². The number of carbonyl (C=O) groups excluding carboxylic acids is 1. The first-order chi connectivity index (χ1) is 15.2. The van der Waals surface area contributed by atoms with Crippen molar-refractivity contribution in [2.75, 3.05) is 18.9 Å². The standard InChI is InChI=1S/C25H27N5O/c1-29(22-14-12-20(13-15-22)19-8-4-2-5-9-19)18-24(31)28-25-21(16-26)17-27-30(25)23-10-6-3-7-11-23/h2-11,17,20,22H,12-15,18H2,1H3,(H,28,31). The van der Waals surface area contributed by atoms with Gasteiger partial charge in [0.15, 0.2) is 5.82 Å². The number of anilines is 1. The molecule has 0 spiro atoms. The lowest BCUT2D eigenvalue weighted by atomic mass is 9.81. The van der Waals surface area contributed by atoms with Crippen molar-refractivity contribution in [3.8, 4) is 11.8 Å². The molecule has 31 heavy (non-hydrogen) atoms. The average molecular weight is 414 g/mol. The molecule has 1 heterocycles. The predicted octanol–water partition coefficient (Wildman–Crippen LogP) is 4.34. The fourth-order valence-corrected chi connectivity index (χ4v) is 4.42. The molecular weight excluding hydrogens is 386 g/mol. The second-order valence-corrected chi connectivity index (χ2v) is 8.15. The summed E-state index contributed by atoms with van der Waals surface area (Å²) in [4.78, 5) is 14.9. The van der Waals surface area contributed by atoms with Crippen LogP contribution in [0.15, 0.2) is 66.9 Å². The molecule has 0 aliphatic heterocycles. The lowest BCUT2D eigenvalue weighted by Crippen LogP contribution is -2.40. The molecule has 0 saturated heterocycles. The van der Waals surface area contributed by atoms with Crippen LogP contribution in [0.25, 0.3) is 5.69 Å². The summed E-state index contributed by atoms with van der Waals surface area (Å²) in [6.45, 7) is 0.283. The Morgan fingerprint density at radius 1 is 1.10 bits per heavy atom. The van der Waals surface area contributed by atoms with Crippen LogP contribution in [-0.2, 0) is 4.79 Å².